The van der Waals surface area contributed by atoms with Gasteiger partial charge in [0.05, 0.1) is 4.92 Å². The van der Waals surface area contributed by atoms with Crippen LogP contribution in [0.4, 0.5) is 10.5 Å². The van der Waals surface area contributed by atoms with Crippen molar-refractivity contribution < 1.29 is 19.3 Å². The smallest absolute Gasteiger partial charge is 0.325 e. The molecule has 9 heteroatoms. The first kappa shape index (κ1) is 17.8. The molecule has 2 fully saturated rings. The maximum atomic E-state index is 12.8. The molecule has 0 spiro atoms. The summed E-state index contributed by atoms with van der Waals surface area (Å²) in [5, 5.41) is 16.3. The molecule has 1 atom stereocenters. The Kier molecular flexibility index (Phi) is 4.62. The van der Waals surface area contributed by atoms with Gasteiger partial charge in [0.1, 0.15) is 12.1 Å². The molecule has 26 heavy (non-hydrogen) atoms. The third kappa shape index (κ3) is 3.24. The second kappa shape index (κ2) is 6.74. The highest BCUT2D eigenvalue weighted by molar-refractivity contribution is 6.09. The van der Waals surface area contributed by atoms with Crippen molar-refractivity contribution >= 4 is 23.5 Å². The first-order valence-corrected chi connectivity index (χ1v) is 8.49. The van der Waals surface area contributed by atoms with Crippen LogP contribution in [0.15, 0.2) is 24.3 Å². The number of urea groups is 1. The standard InChI is InChI=1S/C17H20N4O5/c1-17(11-5-4-8-13(9-11)21(25)26)15(23)20(16(24)19-17)10-14(22)18-12-6-2-3-7-12/h4-5,8-9,12H,2-3,6-7,10H2,1H3,(H,18,22)(H,19,24). The summed E-state index contributed by atoms with van der Waals surface area (Å²) in [5.74, 6) is -0.992. The second-order valence-electron chi connectivity index (χ2n) is 6.80. The van der Waals surface area contributed by atoms with Crippen LogP contribution in [0.5, 0.6) is 0 Å². The fourth-order valence-corrected chi connectivity index (χ4v) is 3.45. The van der Waals surface area contributed by atoms with E-state index in [0.717, 1.165) is 30.6 Å². The molecule has 0 aromatic heterocycles. The molecule has 9 nitrogen and oxygen atoms in total. The molecule has 1 aliphatic heterocycles. The predicted octanol–water partition coefficient (Wildman–Crippen LogP) is 1.42. The highest BCUT2D eigenvalue weighted by Gasteiger charge is 2.49. The Morgan fingerprint density at radius 1 is 1.38 bits per heavy atom. The molecule has 0 bridgehead atoms. The number of nitro groups is 1. The lowest BCUT2D eigenvalue weighted by atomic mass is 9.91. The van der Waals surface area contributed by atoms with E-state index in [4.69, 9.17) is 0 Å². The van der Waals surface area contributed by atoms with Crippen molar-refractivity contribution in [3.8, 4) is 0 Å². The monoisotopic (exact) mass is 360 g/mol. The highest BCUT2D eigenvalue weighted by atomic mass is 16.6. The van der Waals surface area contributed by atoms with Gasteiger partial charge in [-0.1, -0.05) is 25.0 Å². The summed E-state index contributed by atoms with van der Waals surface area (Å²) in [6.07, 6.45) is 3.91. The number of nitrogens with zero attached hydrogens (tertiary/aromatic N) is 2. The minimum atomic E-state index is -1.45. The normalized spacial score (nSPS) is 23.2. The molecule has 1 aromatic carbocycles. The number of imide groups is 1. The number of nitro benzene ring substituents is 1. The maximum absolute atomic E-state index is 12.8. The molecule has 1 saturated carbocycles. The van der Waals surface area contributed by atoms with Gasteiger partial charge in [0, 0.05) is 18.2 Å². The molecule has 3 rings (SSSR count). The van der Waals surface area contributed by atoms with E-state index in [1.165, 1.54) is 31.2 Å². The summed E-state index contributed by atoms with van der Waals surface area (Å²) in [6, 6.07) is 4.94. The van der Waals surface area contributed by atoms with Crippen LogP contribution in [0.25, 0.3) is 0 Å². The van der Waals surface area contributed by atoms with Gasteiger partial charge in [0.25, 0.3) is 11.6 Å². The lowest BCUT2D eigenvalue weighted by Crippen LogP contribution is -2.45. The summed E-state index contributed by atoms with van der Waals surface area (Å²) >= 11 is 0. The number of carbonyl (C=O) groups is 3. The first-order chi connectivity index (χ1) is 12.3. The van der Waals surface area contributed by atoms with Gasteiger partial charge < -0.3 is 10.6 Å². The fourth-order valence-electron chi connectivity index (χ4n) is 3.45. The van der Waals surface area contributed by atoms with E-state index in [0.29, 0.717) is 5.56 Å². The Hall–Kier alpha value is -2.97. The molecule has 1 heterocycles. The Bertz CT molecular complexity index is 774. The summed E-state index contributed by atoms with van der Waals surface area (Å²) in [4.78, 5) is 48.4. The number of rotatable bonds is 5. The van der Waals surface area contributed by atoms with E-state index in [-0.39, 0.29) is 24.2 Å². The molecule has 138 valence electrons. The minimum absolute atomic E-state index is 0.0893. The largest absolute Gasteiger partial charge is 0.352 e. The highest BCUT2D eigenvalue weighted by Crippen LogP contribution is 2.30. The van der Waals surface area contributed by atoms with E-state index in [2.05, 4.69) is 10.6 Å². The van der Waals surface area contributed by atoms with Crippen LogP contribution in [0, 0.1) is 10.1 Å². The van der Waals surface area contributed by atoms with E-state index in [1.807, 2.05) is 0 Å². The molecule has 0 radical (unpaired) electrons. The molecule has 1 aromatic rings. The van der Waals surface area contributed by atoms with Crippen LogP contribution in [0.2, 0.25) is 0 Å². The first-order valence-electron chi connectivity index (χ1n) is 8.49. The van der Waals surface area contributed by atoms with E-state index < -0.39 is 22.4 Å². The van der Waals surface area contributed by atoms with Crippen LogP contribution < -0.4 is 10.6 Å². The fraction of sp³-hybridized carbons (Fsp3) is 0.471. The minimum Gasteiger partial charge on any atom is -0.352 e. The molecule has 2 aliphatic rings. The van der Waals surface area contributed by atoms with E-state index >= 15 is 0 Å². The second-order valence-corrected chi connectivity index (χ2v) is 6.80. The number of amides is 4. The van der Waals surface area contributed by atoms with Crippen molar-refractivity contribution in [2.75, 3.05) is 6.54 Å². The van der Waals surface area contributed by atoms with Crippen molar-refractivity contribution in [2.45, 2.75) is 44.2 Å². The summed E-state index contributed by atoms with van der Waals surface area (Å²) < 4.78 is 0. The topological polar surface area (TPSA) is 122 Å². The predicted molar refractivity (Wildman–Crippen MR) is 91.1 cm³/mol. The van der Waals surface area contributed by atoms with Gasteiger partial charge >= 0.3 is 6.03 Å². The molecule has 1 saturated heterocycles. The van der Waals surface area contributed by atoms with Crippen molar-refractivity contribution in [1.29, 1.82) is 0 Å². The van der Waals surface area contributed by atoms with Gasteiger partial charge in [0.15, 0.2) is 0 Å². The van der Waals surface area contributed by atoms with Gasteiger partial charge in [0.2, 0.25) is 5.91 Å². The molecule has 1 unspecified atom stereocenters. The molecule has 1 aliphatic carbocycles. The van der Waals surface area contributed by atoms with Crippen molar-refractivity contribution in [3.63, 3.8) is 0 Å². The maximum Gasteiger partial charge on any atom is 0.325 e. The SMILES string of the molecule is CC1(c2cccc([N+](=O)[O-])c2)NC(=O)N(CC(=O)NC2CCCC2)C1=O. The Morgan fingerprint density at radius 3 is 2.73 bits per heavy atom. The lowest BCUT2D eigenvalue weighted by molar-refractivity contribution is -0.385. The van der Waals surface area contributed by atoms with Gasteiger partial charge in [-0.3, -0.25) is 24.6 Å². The zero-order chi connectivity index (χ0) is 18.9. The summed E-state index contributed by atoms with van der Waals surface area (Å²) in [5.41, 5.74) is -1.33. The van der Waals surface area contributed by atoms with Crippen molar-refractivity contribution in [3.05, 3.63) is 39.9 Å². The number of non-ortho nitro benzene ring substituents is 1. The quantitative estimate of drug-likeness (QED) is 0.467. The van der Waals surface area contributed by atoms with Gasteiger partial charge in [-0.15, -0.1) is 0 Å². The van der Waals surface area contributed by atoms with Gasteiger partial charge in [-0.2, -0.15) is 0 Å². The van der Waals surface area contributed by atoms with Crippen LogP contribution in [0.1, 0.15) is 38.2 Å². The molecular weight excluding hydrogens is 340 g/mol. The summed E-state index contributed by atoms with van der Waals surface area (Å²) in [6.45, 7) is 1.10. The van der Waals surface area contributed by atoms with Crippen molar-refractivity contribution in [1.82, 2.24) is 15.5 Å². The molecule has 4 amide bonds. The Morgan fingerprint density at radius 2 is 2.08 bits per heavy atom. The number of hydrogen-bond donors (Lipinski definition) is 2. The van der Waals surface area contributed by atoms with E-state index in [9.17, 15) is 24.5 Å². The number of benzene rings is 1. The van der Waals surface area contributed by atoms with Gasteiger partial charge in [-0.05, 0) is 25.3 Å². The zero-order valence-corrected chi connectivity index (χ0v) is 14.4. The average molecular weight is 360 g/mol. The third-order valence-corrected chi connectivity index (χ3v) is 4.93. The lowest BCUT2D eigenvalue weighted by Gasteiger charge is -2.22. The Labute approximate surface area is 149 Å². The van der Waals surface area contributed by atoms with Crippen LogP contribution in [-0.2, 0) is 15.1 Å². The number of nitrogens with one attached hydrogen (secondary N) is 2. The molecular formula is C17H20N4O5. The molecule has 2 N–H and O–H groups in total. The Balaban J connectivity index is 1.76. The van der Waals surface area contributed by atoms with Gasteiger partial charge in [-0.25, -0.2) is 4.79 Å². The zero-order valence-electron chi connectivity index (χ0n) is 14.4. The van der Waals surface area contributed by atoms with Crippen LogP contribution in [0.3, 0.4) is 0 Å². The van der Waals surface area contributed by atoms with Crippen LogP contribution >= 0.6 is 0 Å². The summed E-state index contributed by atoms with van der Waals surface area (Å²) in [7, 11) is 0. The van der Waals surface area contributed by atoms with E-state index in [1.54, 1.807) is 0 Å². The average Bonchev–Trinajstić information content (AvgIpc) is 3.18. The van der Waals surface area contributed by atoms with Crippen molar-refractivity contribution in [2.24, 2.45) is 0 Å². The number of carbonyl (C=O) groups excluding carboxylic acids is 3. The number of hydrogen-bond acceptors (Lipinski definition) is 5. The third-order valence-electron chi connectivity index (χ3n) is 4.93. The van der Waals surface area contributed by atoms with Crippen LogP contribution in [-0.4, -0.2) is 40.3 Å².